The highest BCUT2D eigenvalue weighted by Crippen LogP contribution is 2.38. The van der Waals surface area contributed by atoms with Crippen molar-refractivity contribution in [3.8, 4) is 11.1 Å². The van der Waals surface area contributed by atoms with Crippen molar-refractivity contribution in [2.24, 2.45) is 11.8 Å². The lowest BCUT2D eigenvalue weighted by molar-refractivity contribution is -0.146. The molecule has 0 saturated carbocycles. The number of ether oxygens (including phenoxy) is 1. The molecular weight excluding hydrogens is 390 g/mol. The second-order valence-corrected chi connectivity index (χ2v) is 8.03. The van der Waals surface area contributed by atoms with Crippen LogP contribution >= 0.6 is 11.3 Å². The van der Waals surface area contributed by atoms with E-state index in [4.69, 9.17) is 4.74 Å². The number of hydrogen-bond acceptors (Lipinski definition) is 5. The zero-order valence-electron chi connectivity index (χ0n) is 16.5. The first-order valence-electron chi connectivity index (χ1n) is 9.29. The average Bonchev–Trinajstić information content (AvgIpc) is 3.12. The number of carboxylic acid groups (broad SMARTS) is 1. The van der Waals surface area contributed by atoms with Crippen molar-refractivity contribution < 1.29 is 24.2 Å². The number of anilines is 1. The number of esters is 1. The van der Waals surface area contributed by atoms with Crippen molar-refractivity contribution in [1.82, 2.24) is 0 Å². The quantitative estimate of drug-likeness (QED) is 0.559. The molecule has 1 heterocycles. The van der Waals surface area contributed by atoms with Crippen LogP contribution in [-0.2, 0) is 14.3 Å². The summed E-state index contributed by atoms with van der Waals surface area (Å²) >= 11 is 1.23. The molecule has 2 atom stereocenters. The molecule has 0 fully saturated rings. The SMILES string of the molecule is COC(=O)c1c(-c2cc(C)ccc2C)csc1NC(=O)[C@@H]1CC=CC[C@H]1C(=O)O. The van der Waals surface area contributed by atoms with Crippen LogP contribution in [0, 0.1) is 25.7 Å². The minimum atomic E-state index is -0.995. The number of allylic oxidation sites excluding steroid dienone is 2. The highest BCUT2D eigenvalue weighted by molar-refractivity contribution is 7.15. The second-order valence-electron chi connectivity index (χ2n) is 7.15. The Labute approximate surface area is 173 Å². The molecule has 6 nitrogen and oxygen atoms in total. The van der Waals surface area contributed by atoms with Crippen LogP contribution in [0.5, 0.6) is 0 Å². The van der Waals surface area contributed by atoms with Gasteiger partial charge in [-0.2, -0.15) is 0 Å². The van der Waals surface area contributed by atoms with E-state index in [1.807, 2.05) is 43.5 Å². The first-order valence-corrected chi connectivity index (χ1v) is 10.2. The van der Waals surface area contributed by atoms with E-state index in [0.29, 0.717) is 23.4 Å². The first-order chi connectivity index (χ1) is 13.8. The number of rotatable bonds is 5. The maximum absolute atomic E-state index is 12.9. The van der Waals surface area contributed by atoms with Crippen LogP contribution in [0.3, 0.4) is 0 Å². The van der Waals surface area contributed by atoms with E-state index in [2.05, 4.69) is 5.32 Å². The summed E-state index contributed by atoms with van der Waals surface area (Å²) in [6, 6.07) is 5.96. The van der Waals surface area contributed by atoms with E-state index < -0.39 is 29.7 Å². The average molecular weight is 413 g/mol. The predicted octanol–water partition coefficient (Wildman–Crippen LogP) is 4.42. The number of nitrogens with one attached hydrogen (secondary N) is 1. The molecule has 3 rings (SSSR count). The van der Waals surface area contributed by atoms with E-state index in [-0.39, 0.29) is 5.56 Å². The van der Waals surface area contributed by atoms with Gasteiger partial charge in [0.15, 0.2) is 0 Å². The number of carboxylic acids is 1. The lowest BCUT2D eigenvalue weighted by Gasteiger charge is -2.24. The monoisotopic (exact) mass is 413 g/mol. The van der Waals surface area contributed by atoms with Crippen molar-refractivity contribution in [3.63, 3.8) is 0 Å². The number of methoxy groups -OCH3 is 1. The number of carbonyl (C=O) groups excluding carboxylic acids is 2. The minimum Gasteiger partial charge on any atom is -0.481 e. The van der Waals surface area contributed by atoms with E-state index >= 15 is 0 Å². The third-order valence-corrected chi connectivity index (χ3v) is 6.08. The second kappa shape index (κ2) is 8.61. The molecule has 7 heteroatoms. The van der Waals surface area contributed by atoms with E-state index in [9.17, 15) is 19.5 Å². The van der Waals surface area contributed by atoms with Crippen LogP contribution in [-0.4, -0.2) is 30.1 Å². The Kier molecular flexibility index (Phi) is 6.17. The number of benzene rings is 1. The van der Waals surface area contributed by atoms with Crippen LogP contribution in [0.2, 0.25) is 0 Å². The number of aryl methyl sites for hydroxylation is 2. The molecule has 0 saturated heterocycles. The van der Waals surface area contributed by atoms with Gasteiger partial charge in [-0.3, -0.25) is 9.59 Å². The maximum Gasteiger partial charge on any atom is 0.341 e. The third-order valence-electron chi connectivity index (χ3n) is 5.19. The fraction of sp³-hybridized carbons (Fsp3) is 0.318. The van der Waals surface area contributed by atoms with Crippen molar-refractivity contribution in [2.75, 3.05) is 12.4 Å². The molecule has 29 heavy (non-hydrogen) atoms. The molecule has 0 unspecified atom stereocenters. The molecule has 1 aromatic carbocycles. The van der Waals surface area contributed by atoms with Crippen LogP contribution in [0.15, 0.2) is 35.7 Å². The Morgan fingerprint density at radius 2 is 1.79 bits per heavy atom. The predicted molar refractivity (Wildman–Crippen MR) is 112 cm³/mol. The summed E-state index contributed by atoms with van der Waals surface area (Å²) < 4.78 is 4.97. The molecule has 1 aliphatic rings. The summed E-state index contributed by atoms with van der Waals surface area (Å²) in [7, 11) is 1.30. The maximum atomic E-state index is 12.9. The smallest absolute Gasteiger partial charge is 0.341 e. The van der Waals surface area contributed by atoms with Crippen LogP contribution in [0.4, 0.5) is 5.00 Å². The lowest BCUT2D eigenvalue weighted by atomic mass is 9.82. The summed E-state index contributed by atoms with van der Waals surface area (Å²) in [6.45, 7) is 3.93. The number of carbonyl (C=O) groups is 3. The van der Waals surface area contributed by atoms with Crippen molar-refractivity contribution in [3.05, 3.63) is 52.4 Å². The van der Waals surface area contributed by atoms with Gasteiger partial charge in [0.1, 0.15) is 10.6 Å². The van der Waals surface area contributed by atoms with Crippen molar-refractivity contribution in [2.45, 2.75) is 26.7 Å². The lowest BCUT2D eigenvalue weighted by Crippen LogP contribution is -2.34. The van der Waals surface area contributed by atoms with Gasteiger partial charge in [0, 0.05) is 10.9 Å². The number of aliphatic carboxylic acids is 1. The molecule has 1 aromatic heterocycles. The molecule has 152 valence electrons. The standard InChI is InChI=1S/C22H23NO5S/c1-12-8-9-13(2)16(10-12)17-11-29-20(18(17)22(27)28-3)23-19(24)14-6-4-5-7-15(14)21(25)26/h4-5,8-11,14-15H,6-7H2,1-3H3,(H,23,24)(H,25,26)/t14-,15-/m1/s1. The summed E-state index contributed by atoms with van der Waals surface area (Å²) in [4.78, 5) is 36.9. The van der Waals surface area contributed by atoms with E-state index in [1.165, 1.54) is 18.4 Å². The molecule has 0 bridgehead atoms. The Balaban J connectivity index is 1.98. The number of thiophene rings is 1. The van der Waals surface area contributed by atoms with E-state index in [0.717, 1.165) is 16.7 Å². The van der Waals surface area contributed by atoms with Crippen LogP contribution in [0.25, 0.3) is 11.1 Å². The topological polar surface area (TPSA) is 92.7 Å². The molecule has 2 N–H and O–H groups in total. The van der Waals surface area contributed by atoms with Gasteiger partial charge in [0.25, 0.3) is 0 Å². The summed E-state index contributed by atoms with van der Waals surface area (Å²) in [6.07, 6.45) is 4.27. The Hall–Kier alpha value is -2.93. The molecule has 0 spiro atoms. The van der Waals surface area contributed by atoms with Gasteiger partial charge < -0.3 is 15.2 Å². The zero-order valence-corrected chi connectivity index (χ0v) is 17.3. The Morgan fingerprint density at radius 1 is 1.10 bits per heavy atom. The van der Waals surface area contributed by atoms with Gasteiger partial charge in [0.2, 0.25) is 5.91 Å². The number of amides is 1. The van der Waals surface area contributed by atoms with Crippen molar-refractivity contribution >= 4 is 34.2 Å². The summed E-state index contributed by atoms with van der Waals surface area (Å²) in [5, 5.41) is 14.4. The first kappa shape index (κ1) is 20.8. The van der Waals surface area contributed by atoms with Gasteiger partial charge in [-0.05, 0) is 37.8 Å². The molecule has 1 aliphatic carbocycles. The van der Waals surface area contributed by atoms with Gasteiger partial charge in [-0.25, -0.2) is 4.79 Å². The molecule has 1 amide bonds. The fourth-order valence-corrected chi connectivity index (χ4v) is 4.51. The molecular formula is C22H23NO5S. The number of hydrogen-bond donors (Lipinski definition) is 2. The normalized spacial score (nSPS) is 18.3. The molecule has 0 aliphatic heterocycles. The van der Waals surface area contributed by atoms with Gasteiger partial charge >= 0.3 is 11.9 Å². The van der Waals surface area contributed by atoms with Crippen LogP contribution < -0.4 is 5.32 Å². The Morgan fingerprint density at radius 3 is 2.45 bits per heavy atom. The summed E-state index contributed by atoms with van der Waals surface area (Å²) in [5.41, 5.74) is 3.93. The highest BCUT2D eigenvalue weighted by atomic mass is 32.1. The van der Waals surface area contributed by atoms with E-state index in [1.54, 1.807) is 6.08 Å². The molecule has 0 radical (unpaired) electrons. The molecule has 2 aromatic rings. The fourth-order valence-electron chi connectivity index (χ4n) is 3.56. The Bertz CT molecular complexity index is 991. The zero-order chi connectivity index (χ0) is 21.1. The largest absolute Gasteiger partial charge is 0.481 e. The van der Waals surface area contributed by atoms with Crippen LogP contribution in [0.1, 0.15) is 34.3 Å². The van der Waals surface area contributed by atoms with Gasteiger partial charge in [0.05, 0.1) is 18.9 Å². The third kappa shape index (κ3) is 4.24. The highest BCUT2D eigenvalue weighted by Gasteiger charge is 2.35. The minimum absolute atomic E-state index is 0.290. The summed E-state index contributed by atoms with van der Waals surface area (Å²) in [5.74, 6) is -3.41. The van der Waals surface area contributed by atoms with Gasteiger partial charge in [-0.1, -0.05) is 35.9 Å². The van der Waals surface area contributed by atoms with Crippen molar-refractivity contribution in [1.29, 1.82) is 0 Å². The van der Waals surface area contributed by atoms with Gasteiger partial charge in [-0.15, -0.1) is 11.3 Å².